The normalized spacial score (nSPS) is 22.3. The second kappa shape index (κ2) is 4.89. The summed E-state index contributed by atoms with van der Waals surface area (Å²) in [5.74, 6) is -0.0341. The first kappa shape index (κ1) is 15.0. The van der Waals surface area contributed by atoms with Crippen LogP contribution in [0, 0.1) is 11.3 Å². The highest BCUT2D eigenvalue weighted by Gasteiger charge is 2.58. The highest BCUT2D eigenvalue weighted by molar-refractivity contribution is 7.99. The third-order valence-corrected chi connectivity index (χ3v) is 5.84. The second-order valence-electron chi connectivity index (χ2n) is 6.08. The highest BCUT2D eigenvalue weighted by atomic mass is 32.2. The molecule has 9 heteroatoms. The molecule has 1 aromatic carbocycles. The number of hydrogen-bond donors (Lipinski definition) is 2. The molecular formula is C17H11N5O3S. The Kier molecular flexibility index (Phi) is 2.83. The van der Waals surface area contributed by atoms with E-state index >= 15 is 0 Å². The molecule has 1 unspecified atom stereocenters. The van der Waals surface area contributed by atoms with E-state index in [0.717, 1.165) is 0 Å². The largest absolute Gasteiger partial charge is 0.421 e. The van der Waals surface area contributed by atoms with Crippen LogP contribution in [-0.4, -0.2) is 21.2 Å². The molecule has 8 nitrogen and oxygen atoms in total. The van der Waals surface area contributed by atoms with Crippen LogP contribution in [0.4, 0.5) is 5.69 Å². The van der Waals surface area contributed by atoms with E-state index in [0.29, 0.717) is 28.7 Å². The van der Waals surface area contributed by atoms with Crippen molar-refractivity contribution in [3.8, 4) is 11.9 Å². The minimum atomic E-state index is -1.65. The van der Waals surface area contributed by atoms with Crippen molar-refractivity contribution in [1.29, 1.82) is 5.26 Å². The lowest BCUT2D eigenvalue weighted by molar-refractivity contribution is -0.118. The van der Waals surface area contributed by atoms with Gasteiger partial charge in [-0.3, -0.25) is 14.2 Å². The molecule has 26 heavy (non-hydrogen) atoms. The number of thioether (sulfide) groups is 1. The molecule has 0 aliphatic carbocycles. The van der Waals surface area contributed by atoms with Gasteiger partial charge < -0.3 is 15.8 Å². The van der Waals surface area contributed by atoms with E-state index in [2.05, 4.69) is 10.3 Å². The summed E-state index contributed by atoms with van der Waals surface area (Å²) in [7, 11) is 0. The maximum absolute atomic E-state index is 13.3. The molecule has 1 atom stereocenters. The zero-order valence-corrected chi connectivity index (χ0v) is 14.1. The molecule has 128 valence electrons. The number of carbonyl (C=O) groups excluding carboxylic acids is 1. The maximum atomic E-state index is 13.3. The summed E-state index contributed by atoms with van der Waals surface area (Å²) in [6, 6.07) is 8.92. The summed E-state index contributed by atoms with van der Waals surface area (Å²) in [5, 5.41) is 13.0. The van der Waals surface area contributed by atoms with E-state index in [4.69, 9.17) is 10.5 Å². The van der Waals surface area contributed by atoms with Crippen molar-refractivity contribution in [2.45, 2.75) is 17.1 Å². The average Bonchev–Trinajstić information content (AvgIpc) is 3.19. The molecule has 0 saturated heterocycles. The van der Waals surface area contributed by atoms with Gasteiger partial charge in [-0.2, -0.15) is 10.2 Å². The van der Waals surface area contributed by atoms with E-state index in [9.17, 15) is 14.9 Å². The van der Waals surface area contributed by atoms with Crippen LogP contribution in [0.5, 0.6) is 5.88 Å². The number of benzene rings is 1. The molecule has 4 heterocycles. The second-order valence-corrected chi connectivity index (χ2v) is 7.14. The van der Waals surface area contributed by atoms with Gasteiger partial charge in [-0.1, -0.05) is 30.0 Å². The fraction of sp³-hybridized carbons (Fsp3) is 0.176. The van der Waals surface area contributed by atoms with Crippen LogP contribution in [0.1, 0.15) is 11.1 Å². The number of anilines is 1. The van der Waals surface area contributed by atoms with Gasteiger partial charge in [0.2, 0.25) is 17.7 Å². The lowest BCUT2D eigenvalue weighted by atomic mass is 9.70. The predicted molar refractivity (Wildman–Crippen MR) is 92.5 cm³/mol. The van der Waals surface area contributed by atoms with E-state index < -0.39 is 11.3 Å². The summed E-state index contributed by atoms with van der Waals surface area (Å²) in [4.78, 5) is 30.8. The molecule has 1 amide bonds. The first-order valence-corrected chi connectivity index (χ1v) is 8.85. The van der Waals surface area contributed by atoms with Crippen LogP contribution in [0.25, 0.3) is 0 Å². The van der Waals surface area contributed by atoms with Crippen LogP contribution in [0.15, 0.2) is 45.7 Å². The summed E-state index contributed by atoms with van der Waals surface area (Å²) in [5.41, 5.74) is 4.91. The number of nitrogens with one attached hydrogen (secondary N) is 1. The Bertz CT molecular complexity index is 1150. The third-order valence-electron chi connectivity index (χ3n) is 4.88. The highest BCUT2D eigenvalue weighted by Crippen LogP contribution is 2.51. The van der Waals surface area contributed by atoms with Crippen LogP contribution < -0.4 is 21.3 Å². The molecule has 2 aromatic rings. The van der Waals surface area contributed by atoms with E-state index in [1.807, 2.05) is 6.07 Å². The van der Waals surface area contributed by atoms with Gasteiger partial charge in [-0.15, -0.1) is 0 Å². The molecule has 5 rings (SSSR count). The summed E-state index contributed by atoms with van der Waals surface area (Å²) in [6.07, 6.45) is 0. The van der Waals surface area contributed by atoms with Crippen LogP contribution in [-0.2, 0) is 16.8 Å². The zero-order chi connectivity index (χ0) is 18.1. The molecule has 1 spiro atoms. The first-order chi connectivity index (χ1) is 12.6. The Morgan fingerprint density at radius 1 is 1.38 bits per heavy atom. The Morgan fingerprint density at radius 3 is 3.00 bits per heavy atom. The Labute approximate surface area is 151 Å². The van der Waals surface area contributed by atoms with Crippen LogP contribution in [0.2, 0.25) is 0 Å². The molecule has 0 radical (unpaired) electrons. The lowest BCUT2D eigenvalue weighted by Gasteiger charge is -2.32. The number of rotatable bonds is 0. The Balaban J connectivity index is 1.97. The van der Waals surface area contributed by atoms with E-state index in [-0.39, 0.29) is 28.5 Å². The molecule has 0 saturated carbocycles. The fourth-order valence-corrected chi connectivity index (χ4v) is 4.74. The van der Waals surface area contributed by atoms with Gasteiger partial charge in [0.15, 0.2) is 10.6 Å². The molecule has 3 aliphatic rings. The minimum Gasteiger partial charge on any atom is -0.421 e. The fourth-order valence-electron chi connectivity index (χ4n) is 3.80. The van der Waals surface area contributed by atoms with Crippen LogP contribution >= 0.6 is 11.8 Å². The zero-order valence-electron chi connectivity index (χ0n) is 13.3. The van der Waals surface area contributed by atoms with Crippen molar-refractivity contribution in [3.05, 3.63) is 57.2 Å². The van der Waals surface area contributed by atoms with Gasteiger partial charge in [0.05, 0.1) is 0 Å². The number of amides is 1. The number of carbonyl (C=O) groups is 1. The maximum Gasteiger partial charge on any atom is 0.263 e. The van der Waals surface area contributed by atoms with Crippen molar-refractivity contribution < 1.29 is 9.53 Å². The summed E-state index contributed by atoms with van der Waals surface area (Å²) in [6.45, 7) is 0.486. The van der Waals surface area contributed by atoms with Crippen molar-refractivity contribution in [3.63, 3.8) is 0 Å². The predicted octanol–water partition coefficient (Wildman–Crippen LogP) is 0.673. The Hall–Kier alpha value is -3.25. The van der Waals surface area contributed by atoms with E-state index in [1.165, 1.54) is 16.3 Å². The third kappa shape index (κ3) is 1.57. The number of nitriles is 1. The number of fused-ring (bicyclic) bond motifs is 5. The number of ether oxygens (including phenoxy) is 1. The quantitative estimate of drug-likeness (QED) is 0.658. The number of hydrogen-bond acceptors (Lipinski definition) is 7. The van der Waals surface area contributed by atoms with Gasteiger partial charge in [-0.25, -0.2) is 0 Å². The standard InChI is InChI=1S/C17H11N5O3S/c18-7-9-12(19)25-13-11(14(23)22-5-6-26-16(22)21-13)17(9)8-3-1-2-4-10(8)20-15(17)24/h1-4H,5-6,19H2,(H,20,24). The summed E-state index contributed by atoms with van der Waals surface area (Å²) >= 11 is 1.43. The molecule has 0 bridgehead atoms. The topological polar surface area (TPSA) is 123 Å². The van der Waals surface area contributed by atoms with Crippen molar-refractivity contribution >= 4 is 23.4 Å². The monoisotopic (exact) mass is 365 g/mol. The van der Waals surface area contributed by atoms with Gasteiger partial charge in [0.25, 0.3) is 5.56 Å². The SMILES string of the molecule is N#CC1=C(N)Oc2nc3n(c(=O)c2C12C(=O)Nc1ccccc12)CCS3. The number of para-hydroxylation sites is 1. The smallest absolute Gasteiger partial charge is 0.263 e. The van der Waals surface area contributed by atoms with Gasteiger partial charge in [0.1, 0.15) is 17.2 Å². The van der Waals surface area contributed by atoms with Crippen LogP contribution in [0.3, 0.4) is 0 Å². The Morgan fingerprint density at radius 2 is 2.19 bits per heavy atom. The number of aromatic nitrogens is 2. The molecule has 3 aliphatic heterocycles. The molecule has 1 aromatic heterocycles. The van der Waals surface area contributed by atoms with Gasteiger partial charge in [-0.05, 0) is 6.07 Å². The molecule has 3 N–H and O–H groups in total. The number of nitrogens with zero attached hydrogens (tertiary/aromatic N) is 3. The number of nitrogens with two attached hydrogens (primary N) is 1. The van der Waals surface area contributed by atoms with Gasteiger partial charge in [0, 0.05) is 23.5 Å². The first-order valence-electron chi connectivity index (χ1n) is 7.86. The molecular weight excluding hydrogens is 354 g/mol. The molecule has 0 fully saturated rings. The van der Waals surface area contributed by atoms with E-state index in [1.54, 1.807) is 24.3 Å². The average molecular weight is 365 g/mol. The summed E-state index contributed by atoms with van der Waals surface area (Å²) < 4.78 is 7.02. The van der Waals surface area contributed by atoms with Crippen molar-refractivity contribution in [2.75, 3.05) is 11.1 Å². The van der Waals surface area contributed by atoms with Crippen molar-refractivity contribution in [2.24, 2.45) is 5.73 Å². The lowest BCUT2D eigenvalue weighted by Crippen LogP contribution is -2.47. The van der Waals surface area contributed by atoms with Gasteiger partial charge >= 0.3 is 0 Å². The van der Waals surface area contributed by atoms with Crippen molar-refractivity contribution in [1.82, 2.24) is 9.55 Å². The minimum absolute atomic E-state index is 0.0148.